The molecule has 0 saturated carbocycles. The van der Waals surface area contributed by atoms with Gasteiger partial charge in [-0.1, -0.05) is 60.1 Å². The molecule has 8 nitrogen and oxygen atoms in total. The topological polar surface area (TPSA) is 102 Å². The lowest BCUT2D eigenvalue weighted by Crippen LogP contribution is -2.25. The standard InChI is InChI=1S/C29H29BrN2O6S/c1-5-37-25-15-14-19(30)16-26(25)39(35,36)31-23-12-8-6-10-21(23)28(34)38-18-20(33)17-27-29(2,3)22-11-7-9-13-24(22)32(27)4/h6-17,31H,5,18H2,1-4H3. The van der Waals surface area contributed by atoms with Crippen LogP contribution >= 0.6 is 15.9 Å². The number of carbonyl (C=O) groups is 2. The molecule has 3 aromatic carbocycles. The number of sulfonamides is 1. The molecular formula is C29H29BrN2O6S. The van der Waals surface area contributed by atoms with Crippen LogP contribution in [0.15, 0.2) is 87.9 Å². The van der Waals surface area contributed by atoms with Gasteiger partial charge in [0.1, 0.15) is 10.6 Å². The smallest absolute Gasteiger partial charge is 0.340 e. The minimum Gasteiger partial charge on any atom is -0.492 e. The lowest BCUT2D eigenvalue weighted by atomic mass is 9.83. The van der Waals surface area contributed by atoms with Gasteiger partial charge in [0, 0.05) is 34.4 Å². The summed E-state index contributed by atoms with van der Waals surface area (Å²) in [6.07, 6.45) is 1.49. The van der Waals surface area contributed by atoms with Gasteiger partial charge in [-0.05, 0) is 48.9 Å². The van der Waals surface area contributed by atoms with E-state index in [1.165, 1.54) is 24.3 Å². The second-order valence-corrected chi connectivity index (χ2v) is 12.0. The van der Waals surface area contributed by atoms with Crippen molar-refractivity contribution in [2.45, 2.75) is 31.1 Å². The summed E-state index contributed by atoms with van der Waals surface area (Å²) in [5, 5.41) is 0. The highest BCUT2D eigenvalue weighted by Crippen LogP contribution is 2.46. The molecule has 0 bridgehead atoms. The maximum Gasteiger partial charge on any atom is 0.340 e. The molecule has 1 aliphatic rings. The number of nitrogens with one attached hydrogen (secondary N) is 1. The Morgan fingerprint density at radius 3 is 2.46 bits per heavy atom. The van der Waals surface area contributed by atoms with Gasteiger partial charge in [-0.25, -0.2) is 13.2 Å². The molecule has 0 saturated heterocycles. The number of benzene rings is 3. The molecule has 204 valence electrons. The normalized spacial score (nSPS) is 15.1. The molecule has 0 spiro atoms. The number of hydrogen-bond acceptors (Lipinski definition) is 7. The minimum atomic E-state index is -4.13. The highest BCUT2D eigenvalue weighted by molar-refractivity contribution is 9.10. The highest BCUT2D eigenvalue weighted by atomic mass is 79.9. The van der Waals surface area contributed by atoms with E-state index in [4.69, 9.17) is 9.47 Å². The monoisotopic (exact) mass is 612 g/mol. The molecule has 0 unspecified atom stereocenters. The van der Waals surface area contributed by atoms with Crippen LogP contribution in [0.4, 0.5) is 11.4 Å². The Bertz CT molecular complexity index is 1570. The van der Waals surface area contributed by atoms with E-state index in [1.807, 2.05) is 50.1 Å². The maximum absolute atomic E-state index is 13.2. The van der Waals surface area contributed by atoms with Crippen molar-refractivity contribution >= 4 is 49.1 Å². The van der Waals surface area contributed by atoms with Crippen LogP contribution in [-0.4, -0.2) is 40.4 Å². The number of esters is 1. The summed E-state index contributed by atoms with van der Waals surface area (Å²) < 4.78 is 40.3. The fraction of sp³-hybridized carbons (Fsp3) is 0.241. The summed E-state index contributed by atoms with van der Waals surface area (Å²) in [6, 6.07) is 18.6. The molecule has 0 amide bonds. The zero-order valence-electron chi connectivity index (χ0n) is 22.0. The van der Waals surface area contributed by atoms with Crippen LogP contribution in [0.1, 0.15) is 36.7 Å². The molecule has 0 radical (unpaired) electrons. The van der Waals surface area contributed by atoms with Gasteiger partial charge in [-0.15, -0.1) is 0 Å². The fourth-order valence-electron chi connectivity index (χ4n) is 4.58. The number of ketones is 1. The predicted molar refractivity (Wildman–Crippen MR) is 154 cm³/mol. The first-order valence-electron chi connectivity index (χ1n) is 12.2. The Hall–Kier alpha value is -3.63. The van der Waals surface area contributed by atoms with E-state index in [-0.39, 0.29) is 34.3 Å². The molecule has 4 rings (SSSR count). The molecule has 0 fully saturated rings. The van der Waals surface area contributed by atoms with Crippen molar-refractivity contribution in [3.05, 3.63) is 94.1 Å². The molecule has 1 aliphatic heterocycles. The van der Waals surface area contributed by atoms with E-state index in [0.29, 0.717) is 4.47 Å². The first-order chi connectivity index (χ1) is 18.5. The van der Waals surface area contributed by atoms with Crippen LogP contribution in [0.25, 0.3) is 0 Å². The van der Waals surface area contributed by atoms with Crippen LogP contribution in [0.3, 0.4) is 0 Å². The second kappa shape index (κ2) is 11.2. The van der Waals surface area contributed by atoms with E-state index in [9.17, 15) is 18.0 Å². The van der Waals surface area contributed by atoms with E-state index in [0.717, 1.165) is 16.9 Å². The molecule has 0 atom stereocenters. The van der Waals surface area contributed by atoms with Crippen LogP contribution in [0.5, 0.6) is 5.75 Å². The number of ether oxygens (including phenoxy) is 2. The highest BCUT2D eigenvalue weighted by Gasteiger charge is 2.38. The van der Waals surface area contributed by atoms with Gasteiger partial charge in [0.25, 0.3) is 10.0 Å². The molecule has 39 heavy (non-hydrogen) atoms. The molecule has 0 aromatic heterocycles. The Morgan fingerprint density at radius 2 is 1.74 bits per heavy atom. The largest absolute Gasteiger partial charge is 0.492 e. The van der Waals surface area contributed by atoms with Crippen LogP contribution in [0.2, 0.25) is 0 Å². The molecule has 1 heterocycles. The lowest BCUT2D eigenvalue weighted by molar-refractivity contribution is -0.117. The predicted octanol–water partition coefficient (Wildman–Crippen LogP) is 5.69. The average Bonchev–Trinajstić information content (AvgIpc) is 3.09. The van der Waals surface area contributed by atoms with Gasteiger partial charge in [0.05, 0.1) is 17.9 Å². The minimum absolute atomic E-state index is 0.0165. The number of anilines is 2. The summed E-state index contributed by atoms with van der Waals surface area (Å²) in [4.78, 5) is 27.7. The van der Waals surface area contributed by atoms with Gasteiger partial charge in [0.2, 0.25) is 0 Å². The number of rotatable bonds is 9. The Morgan fingerprint density at radius 1 is 1.05 bits per heavy atom. The van der Waals surface area contributed by atoms with Crippen molar-refractivity contribution in [2.24, 2.45) is 0 Å². The molecule has 10 heteroatoms. The zero-order valence-corrected chi connectivity index (χ0v) is 24.4. The maximum atomic E-state index is 13.2. The number of carbonyl (C=O) groups excluding carboxylic acids is 2. The molecular weight excluding hydrogens is 584 g/mol. The summed E-state index contributed by atoms with van der Waals surface area (Å²) >= 11 is 3.29. The number of likely N-dealkylation sites (N-methyl/N-ethyl adjacent to an activating group) is 1. The number of halogens is 1. The van der Waals surface area contributed by atoms with Gasteiger partial charge in [0.15, 0.2) is 12.4 Å². The molecule has 0 aliphatic carbocycles. The van der Waals surface area contributed by atoms with Crippen molar-refractivity contribution in [1.29, 1.82) is 0 Å². The van der Waals surface area contributed by atoms with Gasteiger partial charge in [-0.2, -0.15) is 0 Å². The van der Waals surface area contributed by atoms with Gasteiger partial charge in [-0.3, -0.25) is 9.52 Å². The van der Waals surface area contributed by atoms with Gasteiger partial charge >= 0.3 is 5.97 Å². The van der Waals surface area contributed by atoms with E-state index >= 15 is 0 Å². The number of allylic oxidation sites excluding steroid dienone is 1. The van der Waals surface area contributed by atoms with Crippen LogP contribution in [0, 0.1) is 0 Å². The van der Waals surface area contributed by atoms with E-state index in [2.05, 4.69) is 20.7 Å². The molecule has 3 aromatic rings. The quantitative estimate of drug-likeness (QED) is 0.245. The van der Waals surface area contributed by atoms with E-state index in [1.54, 1.807) is 31.2 Å². The Labute approximate surface area is 236 Å². The first kappa shape index (κ1) is 28.4. The Kier molecular flexibility index (Phi) is 8.17. The summed E-state index contributed by atoms with van der Waals surface area (Å²) in [5.74, 6) is -1.05. The van der Waals surface area contributed by atoms with E-state index < -0.39 is 28.0 Å². The van der Waals surface area contributed by atoms with Gasteiger partial charge < -0.3 is 14.4 Å². The fourth-order valence-corrected chi connectivity index (χ4v) is 6.35. The average molecular weight is 614 g/mol. The van der Waals surface area contributed by atoms with Crippen molar-refractivity contribution in [3.8, 4) is 5.75 Å². The third kappa shape index (κ3) is 5.86. The van der Waals surface area contributed by atoms with Crippen molar-refractivity contribution in [2.75, 3.05) is 29.9 Å². The Balaban J connectivity index is 1.51. The number of nitrogens with zero attached hydrogens (tertiary/aromatic N) is 1. The number of fused-ring (bicyclic) bond motifs is 1. The lowest BCUT2D eigenvalue weighted by Gasteiger charge is -2.23. The van der Waals surface area contributed by atoms with Crippen LogP contribution in [-0.2, 0) is 25.0 Å². The van der Waals surface area contributed by atoms with Crippen LogP contribution < -0.4 is 14.4 Å². The summed E-state index contributed by atoms with van der Waals surface area (Å²) in [5.41, 5.74) is 2.49. The van der Waals surface area contributed by atoms with Crippen molar-refractivity contribution in [1.82, 2.24) is 0 Å². The third-order valence-electron chi connectivity index (χ3n) is 6.47. The summed E-state index contributed by atoms with van der Waals surface area (Å²) in [7, 11) is -2.24. The molecule has 1 N–H and O–H groups in total. The zero-order chi connectivity index (χ0) is 28.4. The van der Waals surface area contributed by atoms with Crippen molar-refractivity contribution < 1.29 is 27.5 Å². The van der Waals surface area contributed by atoms with Crippen molar-refractivity contribution in [3.63, 3.8) is 0 Å². The third-order valence-corrected chi connectivity index (χ3v) is 8.35. The summed E-state index contributed by atoms with van der Waals surface area (Å²) in [6.45, 7) is 5.59. The number of hydrogen-bond donors (Lipinski definition) is 1. The second-order valence-electron chi connectivity index (χ2n) is 9.45. The SMILES string of the molecule is CCOc1ccc(Br)cc1S(=O)(=O)Nc1ccccc1C(=O)OCC(=O)C=C1N(C)c2ccccc2C1(C)C. The first-order valence-corrected chi connectivity index (χ1v) is 14.5. The number of para-hydroxylation sites is 2.